The summed E-state index contributed by atoms with van der Waals surface area (Å²) in [7, 11) is 4.70. The van der Waals surface area contributed by atoms with Crippen molar-refractivity contribution in [2.45, 2.75) is 32.9 Å². The minimum atomic E-state index is -0.0352. The molecular weight excluding hydrogens is 354 g/mol. The maximum atomic E-state index is 12.9. The summed E-state index contributed by atoms with van der Waals surface area (Å²) in [6.45, 7) is 4.72. The molecule has 0 aliphatic carbocycles. The van der Waals surface area contributed by atoms with Crippen LogP contribution in [-0.4, -0.2) is 38.2 Å². The zero-order valence-corrected chi connectivity index (χ0v) is 17.3. The maximum Gasteiger partial charge on any atom is 0.247 e. The fraction of sp³-hybridized carbons (Fsp3) is 0.348. The quantitative estimate of drug-likeness (QED) is 0.596. The molecule has 0 saturated heterocycles. The number of rotatable bonds is 9. The van der Waals surface area contributed by atoms with Crippen LogP contribution in [0.4, 0.5) is 0 Å². The van der Waals surface area contributed by atoms with Crippen LogP contribution in [0, 0.1) is 0 Å². The van der Waals surface area contributed by atoms with Crippen molar-refractivity contribution in [1.82, 2.24) is 4.90 Å². The monoisotopic (exact) mass is 383 g/mol. The third kappa shape index (κ3) is 5.28. The van der Waals surface area contributed by atoms with E-state index in [4.69, 9.17) is 14.2 Å². The zero-order valence-electron chi connectivity index (χ0n) is 17.3. The van der Waals surface area contributed by atoms with E-state index >= 15 is 0 Å². The highest BCUT2D eigenvalue weighted by atomic mass is 16.5. The lowest BCUT2D eigenvalue weighted by Crippen LogP contribution is -2.36. The number of hydrogen-bond donors (Lipinski definition) is 0. The molecule has 0 bridgehead atoms. The van der Waals surface area contributed by atoms with E-state index in [0.717, 1.165) is 17.5 Å². The van der Waals surface area contributed by atoms with Gasteiger partial charge in [0.1, 0.15) is 0 Å². The largest absolute Gasteiger partial charge is 0.493 e. The minimum Gasteiger partial charge on any atom is -0.493 e. The van der Waals surface area contributed by atoms with Crippen molar-refractivity contribution in [2.75, 3.05) is 21.3 Å². The molecule has 0 aromatic heterocycles. The van der Waals surface area contributed by atoms with Crippen LogP contribution in [0.25, 0.3) is 6.08 Å². The third-order valence-electron chi connectivity index (χ3n) is 4.71. The van der Waals surface area contributed by atoms with Gasteiger partial charge in [-0.2, -0.15) is 0 Å². The van der Waals surface area contributed by atoms with Crippen LogP contribution in [0.2, 0.25) is 0 Å². The van der Waals surface area contributed by atoms with Crippen LogP contribution in [0.5, 0.6) is 17.2 Å². The molecule has 0 spiro atoms. The number of carbonyl (C=O) groups excluding carboxylic acids is 1. The lowest BCUT2D eigenvalue weighted by Gasteiger charge is -2.27. The van der Waals surface area contributed by atoms with Crippen LogP contribution in [0.1, 0.15) is 31.4 Å². The van der Waals surface area contributed by atoms with Gasteiger partial charge in [0, 0.05) is 18.7 Å². The molecule has 0 radical (unpaired) electrons. The summed E-state index contributed by atoms with van der Waals surface area (Å²) in [5.74, 6) is 1.60. The Balaban J connectivity index is 2.25. The molecular formula is C23H29NO4. The van der Waals surface area contributed by atoms with Crippen molar-refractivity contribution in [3.63, 3.8) is 0 Å². The molecule has 0 saturated carbocycles. The first-order chi connectivity index (χ1) is 13.5. The second kappa shape index (κ2) is 10.4. The van der Waals surface area contributed by atoms with E-state index in [9.17, 15) is 4.79 Å². The average Bonchev–Trinajstić information content (AvgIpc) is 2.74. The summed E-state index contributed by atoms with van der Waals surface area (Å²) in [6, 6.07) is 13.8. The summed E-state index contributed by atoms with van der Waals surface area (Å²) in [4.78, 5) is 14.8. The second-order valence-electron chi connectivity index (χ2n) is 6.50. The van der Waals surface area contributed by atoms with E-state index in [0.29, 0.717) is 23.8 Å². The molecule has 1 atom stereocenters. The molecule has 2 rings (SSSR count). The summed E-state index contributed by atoms with van der Waals surface area (Å²) in [5.41, 5.74) is 1.91. The van der Waals surface area contributed by atoms with E-state index in [1.54, 1.807) is 33.5 Å². The summed E-state index contributed by atoms with van der Waals surface area (Å²) < 4.78 is 16.1. The first-order valence-electron chi connectivity index (χ1n) is 9.36. The van der Waals surface area contributed by atoms with Crippen molar-refractivity contribution in [1.29, 1.82) is 0 Å². The Labute approximate surface area is 167 Å². The SMILES string of the molecule is CC[C@H](C)N(Cc1ccccc1)C(=O)/C=C/c1cc(OC)c(OC)c(OC)c1. The van der Waals surface area contributed by atoms with Crippen LogP contribution < -0.4 is 14.2 Å². The Morgan fingerprint density at radius 2 is 1.64 bits per heavy atom. The van der Waals surface area contributed by atoms with E-state index in [2.05, 4.69) is 13.8 Å². The van der Waals surface area contributed by atoms with Crippen LogP contribution in [-0.2, 0) is 11.3 Å². The van der Waals surface area contributed by atoms with Gasteiger partial charge in [-0.05, 0) is 42.7 Å². The molecule has 0 fully saturated rings. The van der Waals surface area contributed by atoms with Gasteiger partial charge < -0.3 is 19.1 Å². The molecule has 0 aliphatic heterocycles. The smallest absolute Gasteiger partial charge is 0.247 e. The lowest BCUT2D eigenvalue weighted by molar-refractivity contribution is -0.128. The Morgan fingerprint density at radius 3 is 2.14 bits per heavy atom. The fourth-order valence-electron chi connectivity index (χ4n) is 2.91. The van der Waals surface area contributed by atoms with Gasteiger partial charge in [-0.25, -0.2) is 0 Å². The van der Waals surface area contributed by atoms with Gasteiger partial charge in [0.25, 0.3) is 0 Å². The van der Waals surface area contributed by atoms with E-state index in [1.165, 1.54) is 0 Å². The number of nitrogens with zero attached hydrogens (tertiary/aromatic N) is 1. The zero-order chi connectivity index (χ0) is 20.5. The van der Waals surface area contributed by atoms with Crippen molar-refractivity contribution < 1.29 is 19.0 Å². The topological polar surface area (TPSA) is 48.0 Å². The number of amides is 1. The fourth-order valence-corrected chi connectivity index (χ4v) is 2.91. The number of benzene rings is 2. The third-order valence-corrected chi connectivity index (χ3v) is 4.71. The Bertz CT molecular complexity index is 776. The predicted molar refractivity (Wildman–Crippen MR) is 112 cm³/mol. The van der Waals surface area contributed by atoms with Gasteiger partial charge in [0.2, 0.25) is 11.7 Å². The Kier molecular flexibility index (Phi) is 7.93. The van der Waals surface area contributed by atoms with E-state index < -0.39 is 0 Å². The summed E-state index contributed by atoms with van der Waals surface area (Å²) in [5, 5.41) is 0. The molecule has 0 heterocycles. The van der Waals surface area contributed by atoms with Gasteiger partial charge >= 0.3 is 0 Å². The molecule has 150 valence electrons. The van der Waals surface area contributed by atoms with Crippen molar-refractivity contribution in [3.05, 3.63) is 59.7 Å². The van der Waals surface area contributed by atoms with Crippen molar-refractivity contribution in [3.8, 4) is 17.2 Å². The van der Waals surface area contributed by atoms with Crippen molar-refractivity contribution in [2.24, 2.45) is 0 Å². The maximum absolute atomic E-state index is 12.9. The van der Waals surface area contributed by atoms with Gasteiger partial charge in [-0.15, -0.1) is 0 Å². The highest BCUT2D eigenvalue weighted by molar-refractivity contribution is 5.92. The molecule has 5 heteroatoms. The first-order valence-corrected chi connectivity index (χ1v) is 9.36. The molecule has 0 N–H and O–H groups in total. The molecule has 0 aliphatic rings. The second-order valence-corrected chi connectivity index (χ2v) is 6.50. The van der Waals surface area contributed by atoms with E-state index in [1.807, 2.05) is 47.4 Å². The van der Waals surface area contributed by atoms with Gasteiger partial charge in [0.15, 0.2) is 11.5 Å². The van der Waals surface area contributed by atoms with Crippen LogP contribution in [0.3, 0.4) is 0 Å². The number of methoxy groups -OCH3 is 3. The lowest BCUT2D eigenvalue weighted by atomic mass is 10.1. The van der Waals surface area contributed by atoms with Gasteiger partial charge in [-0.1, -0.05) is 37.3 Å². The molecule has 28 heavy (non-hydrogen) atoms. The minimum absolute atomic E-state index is 0.0352. The first kappa shape index (κ1) is 21.4. The van der Waals surface area contributed by atoms with Crippen LogP contribution >= 0.6 is 0 Å². The number of ether oxygens (including phenoxy) is 3. The van der Waals surface area contributed by atoms with Crippen LogP contribution in [0.15, 0.2) is 48.5 Å². The Morgan fingerprint density at radius 1 is 1.04 bits per heavy atom. The summed E-state index contributed by atoms with van der Waals surface area (Å²) >= 11 is 0. The number of hydrogen-bond acceptors (Lipinski definition) is 4. The molecule has 1 amide bonds. The average molecular weight is 383 g/mol. The van der Waals surface area contributed by atoms with E-state index in [-0.39, 0.29) is 11.9 Å². The standard InChI is InChI=1S/C23H29NO4/c1-6-17(2)24(16-18-10-8-7-9-11-18)22(25)13-12-19-14-20(26-3)23(28-5)21(15-19)27-4/h7-15,17H,6,16H2,1-5H3/b13-12+/t17-/m0/s1. The molecule has 0 unspecified atom stereocenters. The van der Waals surface area contributed by atoms with Gasteiger partial charge in [0.05, 0.1) is 21.3 Å². The Hall–Kier alpha value is -2.95. The molecule has 2 aromatic rings. The molecule has 5 nitrogen and oxygen atoms in total. The normalized spacial score (nSPS) is 11.9. The number of carbonyl (C=O) groups is 1. The highest BCUT2D eigenvalue weighted by Gasteiger charge is 2.17. The predicted octanol–water partition coefficient (Wildman–Crippen LogP) is 4.55. The molecule has 2 aromatic carbocycles. The van der Waals surface area contributed by atoms with Gasteiger partial charge in [-0.3, -0.25) is 4.79 Å². The highest BCUT2D eigenvalue weighted by Crippen LogP contribution is 2.38. The van der Waals surface area contributed by atoms with Crippen molar-refractivity contribution >= 4 is 12.0 Å². The summed E-state index contributed by atoms with van der Waals surface area (Å²) in [6.07, 6.45) is 4.25.